The van der Waals surface area contributed by atoms with Crippen LogP contribution in [0, 0.1) is 6.92 Å². The van der Waals surface area contributed by atoms with Crippen molar-refractivity contribution in [1.29, 1.82) is 0 Å². The van der Waals surface area contributed by atoms with Gasteiger partial charge in [0.1, 0.15) is 11.6 Å². The molecule has 0 bridgehead atoms. The molecule has 0 aliphatic rings. The molecule has 0 spiro atoms. The molecule has 18 heavy (non-hydrogen) atoms. The van der Waals surface area contributed by atoms with Gasteiger partial charge in [0.15, 0.2) is 0 Å². The van der Waals surface area contributed by atoms with Crippen molar-refractivity contribution in [3.8, 4) is 5.88 Å². The lowest BCUT2D eigenvalue weighted by atomic mass is 10.4. The molecule has 2 aromatic rings. The molecule has 0 saturated carbocycles. The summed E-state index contributed by atoms with van der Waals surface area (Å²) < 4.78 is 5.42. The molecule has 2 aromatic heterocycles. The highest BCUT2D eigenvalue weighted by Gasteiger charge is 2.01. The number of aromatic nitrogens is 3. The van der Waals surface area contributed by atoms with Gasteiger partial charge in [0.05, 0.1) is 6.54 Å². The molecule has 0 radical (unpaired) electrons. The molecule has 0 aliphatic heterocycles. The second-order valence-corrected chi connectivity index (χ2v) is 4.06. The monoisotopic (exact) mass is 264 g/mol. The van der Waals surface area contributed by atoms with E-state index in [1.807, 2.05) is 6.92 Å². The maximum Gasteiger partial charge on any atom is 0.232 e. The molecule has 2 rings (SSSR count). The van der Waals surface area contributed by atoms with Crippen LogP contribution in [0.5, 0.6) is 5.88 Å². The quantitative estimate of drug-likeness (QED) is 0.840. The zero-order valence-electron chi connectivity index (χ0n) is 9.93. The Labute approximate surface area is 110 Å². The van der Waals surface area contributed by atoms with Crippen LogP contribution >= 0.6 is 11.6 Å². The van der Waals surface area contributed by atoms with E-state index >= 15 is 0 Å². The minimum Gasteiger partial charge on any atom is -0.475 e. The van der Waals surface area contributed by atoms with Crippen molar-refractivity contribution in [2.75, 3.05) is 18.5 Å². The van der Waals surface area contributed by atoms with E-state index in [1.54, 1.807) is 30.7 Å². The fraction of sp³-hybridized carbons (Fsp3) is 0.250. The topological polar surface area (TPSA) is 59.9 Å². The van der Waals surface area contributed by atoms with Gasteiger partial charge < -0.3 is 10.1 Å². The summed E-state index contributed by atoms with van der Waals surface area (Å²) in [5.41, 5.74) is 1.03. The van der Waals surface area contributed by atoms with Crippen LogP contribution in [0.25, 0.3) is 0 Å². The van der Waals surface area contributed by atoms with Gasteiger partial charge in [0.25, 0.3) is 0 Å². The molecule has 0 fully saturated rings. The summed E-state index contributed by atoms with van der Waals surface area (Å²) in [7, 11) is 0. The lowest BCUT2D eigenvalue weighted by Crippen LogP contribution is -2.13. The number of hydrogen-bond donors (Lipinski definition) is 1. The Balaban J connectivity index is 1.76. The average Bonchev–Trinajstić information content (AvgIpc) is 2.39. The van der Waals surface area contributed by atoms with Crippen molar-refractivity contribution in [2.24, 2.45) is 0 Å². The number of hydrogen-bond acceptors (Lipinski definition) is 5. The molecule has 0 amide bonds. The van der Waals surface area contributed by atoms with Crippen LogP contribution < -0.4 is 10.1 Å². The summed E-state index contributed by atoms with van der Waals surface area (Å²) in [6, 6.07) is 3.49. The van der Waals surface area contributed by atoms with E-state index in [0.29, 0.717) is 30.0 Å². The minimum atomic E-state index is 0.436. The smallest absolute Gasteiger partial charge is 0.232 e. The highest BCUT2D eigenvalue weighted by atomic mass is 35.5. The zero-order valence-corrected chi connectivity index (χ0v) is 10.7. The van der Waals surface area contributed by atoms with E-state index in [0.717, 1.165) is 5.56 Å². The van der Waals surface area contributed by atoms with Crippen LogP contribution in [0.2, 0.25) is 5.02 Å². The van der Waals surface area contributed by atoms with Crippen molar-refractivity contribution >= 4 is 17.5 Å². The molecule has 5 nitrogen and oxygen atoms in total. The number of ether oxygens (including phenoxy) is 1. The molecule has 94 valence electrons. The Morgan fingerprint density at radius 1 is 1.28 bits per heavy atom. The van der Waals surface area contributed by atoms with E-state index in [1.165, 1.54) is 0 Å². The summed E-state index contributed by atoms with van der Waals surface area (Å²) in [5, 5.41) is 3.55. The molecular weight excluding hydrogens is 252 g/mol. The number of nitrogens with one attached hydrogen (secondary N) is 1. The van der Waals surface area contributed by atoms with Gasteiger partial charge in [-0.05, 0) is 24.6 Å². The molecule has 0 saturated heterocycles. The maximum atomic E-state index is 5.90. The zero-order chi connectivity index (χ0) is 12.8. The van der Waals surface area contributed by atoms with E-state index in [2.05, 4.69) is 20.3 Å². The second kappa shape index (κ2) is 6.16. The Morgan fingerprint density at radius 3 is 2.78 bits per heavy atom. The summed E-state index contributed by atoms with van der Waals surface area (Å²) in [4.78, 5) is 12.3. The Morgan fingerprint density at radius 2 is 2.06 bits per heavy atom. The van der Waals surface area contributed by atoms with Gasteiger partial charge in [-0.3, -0.25) is 0 Å². The minimum absolute atomic E-state index is 0.436. The fourth-order valence-corrected chi connectivity index (χ4v) is 1.45. The Bertz CT molecular complexity index is 504. The number of anilines is 1. The highest BCUT2D eigenvalue weighted by molar-refractivity contribution is 6.31. The van der Waals surface area contributed by atoms with Crippen molar-refractivity contribution in [3.05, 3.63) is 41.3 Å². The number of nitrogens with zero attached hydrogens (tertiary/aromatic N) is 3. The Kier molecular flexibility index (Phi) is 4.30. The van der Waals surface area contributed by atoms with Crippen molar-refractivity contribution in [3.63, 3.8) is 0 Å². The van der Waals surface area contributed by atoms with Gasteiger partial charge >= 0.3 is 0 Å². The van der Waals surface area contributed by atoms with Crippen LogP contribution in [0.15, 0.2) is 30.7 Å². The first-order chi connectivity index (χ1) is 8.75. The van der Waals surface area contributed by atoms with Crippen molar-refractivity contribution < 1.29 is 4.74 Å². The first-order valence-corrected chi connectivity index (χ1v) is 5.89. The first kappa shape index (κ1) is 12.6. The standard InChI is InChI=1S/C12H13ClN4O/c1-9-7-16-12(17-8-9)15-5-6-18-11-10(13)3-2-4-14-11/h2-4,7-8H,5-6H2,1H3,(H,15,16,17). The highest BCUT2D eigenvalue weighted by Crippen LogP contribution is 2.19. The summed E-state index contributed by atoms with van der Waals surface area (Å²) in [6.45, 7) is 2.96. The molecule has 1 N–H and O–H groups in total. The van der Waals surface area contributed by atoms with E-state index in [9.17, 15) is 0 Å². The number of halogens is 1. The maximum absolute atomic E-state index is 5.90. The predicted molar refractivity (Wildman–Crippen MR) is 70.0 cm³/mol. The number of rotatable bonds is 5. The molecule has 2 heterocycles. The van der Waals surface area contributed by atoms with Crippen LogP contribution in [-0.2, 0) is 0 Å². The van der Waals surface area contributed by atoms with E-state index < -0.39 is 0 Å². The first-order valence-electron chi connectivity index (χ1n) is 5.51. The van der Waals surface area contributed by atoms with Gasteiger partial charge in [-0.15, -0.1) is 0 Å². The SMILES string of the molecule is Cc1cnc(NCCOc2ncccc2Cl)nc1. The third-order valence-electron chi connectivity index (χ3n) is 2.13. The lowest BCUT2D eigenvalue weighted by Gasteiger charge is -2.07. The van der Waals surface area contributed by atoms with Crippen molar-refractivity contribution in [2.45, 2.75) is 6.92 Å². The average molecular weight is 265 g/mol. The molecule has 0 aliphatic carbocycles. The number of pyridine rings is 1. The fourth-order valence-electron chi connectivity index (χ4n) is 1.27. The molecule has 0 atom stereocenters. The molecule has 0 unspecified atom stereocenters. The summed E-state index contributed by atoms with van der Waals surface area (Å²) in [5.74, 6) is 1.02. The largest absolute Gasteiger partial charge is 0.475 e. The van der Waals surface area contributed by atoms with Gasteiger partial charge in [0.2, 0.25) is 11.8 Å². The van der Waals surface area contributed by atoms with E-state index in [4.69, 9.17) is 16.3 Å². The van der Waals surface area contributed by atoms with E-state index in [-0.39, 0.29) is 0 Å². The van der Waals surface area contributed by atoms with Gasteiger partial charge in [-0.1, -0.05) is 11.6 Å². The van der Waals surface area contributed by atoms with Gasteiger partial charge in [-0.2, -0.15) is 0 Å². The van der Waals surface area contributed by atoms with Crippen molar-refractivity contribution in [1.82, 2.24) is 15.0 Å². The summed E-state index contributed by atoms with van der Waals surface area (Å²) in [6.07, 6.45) is 5.15. The molecule has 6 heteroatoms. The predicted octanol–water partition coefficient (Wildman–Crippen LogP) is 2.32. The third-order valence-corrected chi connectivity index (χ3v) is 2.42. The third kappa shape index (κ3) is 3.56. The lowest BCUT2D eigenvalue weighted by molar-refractivity contribution is 0.320. The summed E-state index contributed by atoms with van der Waals surface area (Å²) >= 11 is 5.90. The number of aryl methyl sites for hydroxylation is 1. The Hall–Kier alpha value is -1.88. The second-order valence-electron chi connectivity index (χ2n) is 3.65. The van der Waals surface area contributed by atoms with Crippen LogP contribution in [-0.4, -0.2) is 28.1 Å². The van der Waals surface area contributed by atoms with Crippen LogP contribution in [0.1, 0.15) is 5.56 Å². The van der Waals surface area contributed by atoms with Gasteiger partial charge in [0, 0.05) is 18.6 Å². The van der Waals surface area contributed by atoms with Crippen LogP contribution in [0.3, 0.4) is 0 Å². The normalized spacial score (nSPS) is 10.1. The molecular formula is C12H13ClN4O. The van der Waals surface area contributed by atoms with Gasteiger partial charge in [-0.25, -0.2) is 15.0 Å². The van der Waals surface area contributed by atoms with Crippen LogP contribution in [0.4, 0.5) is 5.95 Å². The molecule has 0 aromatic carbocycles.